The highest BCUT2D eigenvalue weighted by Crippen LogP contribution is 2.34. The fraction of sp³-hybridized carbons (Fsp3) is 0.160. The van der Waals surface area contributed by atoms with E-state index in [-0.39, 0.29) is 18.2 Å². The van der Waals surface area contributed by atoms with Gasteiger partial charge in [-0.2, -0.15) is 0 Å². The van der Waals surface area contributed by atoms with Crippen molar-refractivity contribution in [2.45, 2.75) is 12.8 Å². The standard InChI is InChI=1S/C25H22N2O.ClH/c28-25(18-5-2-1-3-6-18)19-11-9-17(10-12-19)20-7-4-8-23-24(20)21-13-15-26-16-14-22(21)27-23;/h1-12,26-27H,13-16H2;1H. The van der Waals surface area contributed by atoms with Crippen LogP contribution in [-0.2, 0) is 12.8 Å². The first kappa shape index (κ1) is 19.4. The van der Waals surface area contributed by atoms with Crippen molar-refractivity contribution in [3.8, 4) is 11.1 Å². The maximum absolute atomic E-state index is 12.7. The van der Waals surface area contributed by atoms with Gasteiger partial charge in [0.05, 0.1) is 0 Å². The lowest BCUT2D eigenvalue weighted by atomic mass is 9.95. The molecule has 0 unspecified atom stereocenters. The summed E-state index contributed by atoms with van der Waals surface area (Å²) in [5.74, 6) is 0.0620. The normalized spacial score (nSPS) is 13.4. The molecule has 146 valence electrons. The third kappa shape index (κ3) is 3.59. The van der Waals surface area contributed by atoms with Crippen molar-refractivity contribution in [3.05, 3.63) is 95.2 Å². The zero-order valence-electron chi connectivity index (χ0n) is 16.1. The van der Waals surface area contributed by atoms with Gasteiger partial charge in [-0.15, -0.1) is 12.4 Å². The first-order chi connectivity index (χ1) is 13.8. The van der Waals surface area contributed by atoms with Crippen LogP contribution >= 0.6 is 12.4 Å². The molecule has 1 aliphatic rings. The van der Waals surface area contributed by atoms with Gasteiger partial charge < -0.3 is 10.3 Å². The van der Waals surface area contributed by atoms with E-state index in [9.17, 15) is 4.79 Å². The van der Waals surface area contributed by atoms with Gasteiger partial charge in [0.15, 0.2) is 5.78 Å². The van der Waals surface area contributed by atoms with Crippen molar-refractivity contribution in [3.63, 3.8) is 0 Å². The van der Waals surface area contributed by atoms with Gasteiger partial charge in [0.25, 0.3) is 0 Å². The Kier molecular flexibility index (Phi) is 5.52. The first-order valence-corrected chi connectivity index (χ1v) is 9.84. The minimum atomic E-state index is 0. The Bertz CT molecular complexity index is 1150. The van der Waals surface area contributed by atoms with Crippen LogP contribution in [-0.4, -0.2) is 23.9 Å². The molecule has 0 saturated carbocycles. The summed E-state index contributed by atoms with van der Waals surface area (Å²) in [6.07, 6.45) is 2.07. The summed E-state index contributed by atoms with van der Waals surface area (Å²) in [4.78, 5) is 16.3. The molecule has 1 aliphatic heterocycles. The molecule has 5 rings (SSSR count). The molecule has 3 nitrogen and oxygen atoms in total. The number of carbonyl (C=O) groups is 1. The number of hydrogen-bond acceptors (Lipinski definition) is 2. The van der Waals surface area contributed by atoms with E-state index in [0.29, 0.717) is 0 Å². The number of halogens is 1. The number of nitrogens with one attached hydrogen (secondary N) is 2. The summed E-state index contributed by atoms with van der Waals surface area (Å²) in [7, 11) is 0. The maximum atomic E-state index is 12.7. The van der Waals surface area contributed by atoms with Gasteiger partial charge in [-0.3, -0.25) is 4.79 Å². The van der Waals surface area contributed by atoms with Gasteiger partial charge in [0.2, 0.25) is 0 Å². The monoisotopic (exact) mass is 402 g/mol. The number of ketones is 1. The number of aromatic nitrogens is 1. The van der Waals surface area contributed by atoms with Crippen LogP contribution in [0.2, 0.25) is 0 Å². The van der Waals surface area contributed by atoms with Crippen molar-refractivity contribution in [2.24, 2.45) is 0 Å². The van der Waals surface area contributed by atoms with E-state index in [4.69, 9.17) is 0 Å². The zero-order valence-corrected chi connectivity index (χ0v) is 16.9. The van der Waals surface area contributed by atoms with E-state index in [1.54, 1.807) is 0 Å². The third-order valence-corrected chi connectivity index (χ3v) is 5.61. The maximum Gasteiger partial charge on any atom is 0.193 e. The fourth-order valence-corrected chi connectivity index (χ4v) is 4.21. The van der Waals surface area contributed by atoms with Gasteiger partial charge in [-0.1, -0.05) is 66.7 Å². The minimum absolute atomic E-state index is 0. The molecule has 0 fully saturated rings. The Hall–Kier alpha value is -2.88. The Morgan fingerprint density at radius 3 is 2.28 bits per heavy atom. The number of rotatable bonds is 3. The third-order valence-electron chi connectivity index (χ3n) is 5.61. The first-order valence-electron chi connectivity index (χ1n) is 9.84. The van der Waals surface area contributed by atoms with E-state index in [1.807, 2.05) is 42.5 Å². The second-order valence-corrected chi connectivity index (χ2v) is 7.33. The highest BCUT2D eigenvalue weighted by atomic mass is 35.5. The molecule has 4 heteroatoms. The summed E-state index contributed by atoms with van der Waals surface area (Å²) in [6, 6.07) is 23.9. The van der Waals surface area contributed by atoms with Crippen molar-refractivity contribution < 1.29 is 4.79 Å². The van der Waals surface area contributed by atoms with Crippen LogP contribution < -0.4 is 5.32 Å². The Labute approximate surface area is 176 Å². The van der Waals surface area contributed by atoms with Gasteiger partial charge >= 0.3 is 0 Å². The van der Waals surface area contributed by atoms with Crippen molar-refractivity contribution in [1.82, 2.24) is 10.3 Å². The second kappa shape index (κ2) is 8.24. The SMILES string of the molecule is Cl.O=C(c1ccccc1)c1ccc(-c2cccc3[nH]c4c(c23)CCNCC4)cc1. The Morgan fingerprint density at radius 2 is 1.48 bits per heavy atom. The van der Waals surface area contributed by atoms with Crippen LogP contribution in [0.1, 0.15) is 27.2 Å². The van der Waals surface area contributed by atoms with E-state index < -0.39 is 0 Å². The molecule has 1 aromatic heterocycles. The van der Waals surface area contributed by atoms with Crippen molar-refractivity contribution in [2.75, 3.05) is 13.1 Å². The zero-order chi connectivity index (χ0) is 18.9. The van der Waals surface area contributed by atoms with E-state index >= 15 is 0 Å². The Morgan fingerprint density at radius 1 is 0.759 bits per heavy atom. The molecule has 29 heavy (non-hydrogen) atoms. The molecule has 0 atom stereocenters. The summed E-state index contributed by atoms with van der Waals surface area (Å²) >= 11 is 0. The van der Waals surface area contributed by atoms with E-state index in [0.717, 1.165) is 42.6 Å². The molecule has 0 spiro atoms. The molecule has 0 aliphatic carbocycles. The summed E-state index contributed by atoms with van der Waals surface area (Å²) in [5.41, 5.74) is 7.81. The van der Waals surface area contributed by atoms with Crippen LogP contribution in [0.5, 0.6) is 0 Å². The van der Waals surface area contributed by atoms with Crippen molar-refractivity contribution in [1.29, 1.82) is 0 Å². The lowest BCUT2D eigenvalue weighted by Gasteiger charge is -2.08. The van der Waals surface area contributed by atoms with Crippen LogP contribution in [0.4, 0.5) is 0 Å². The van der Waals surface area contributed by atoms with Gasteiger partial charge in [-0.25, -0.2) is 0 Å². The molecule has 3 aromatic carbocycles. The summed E-state index contributed by atoms with van der Waals surface area (Å²) in [5, 5.41) is 4.80. The Balaban J connectivity index is 0.00000205. The van der Waals surface area contributed by atoms with Crippen LogP contribution in [0, 0.1) is 0 Å². The van der Waals surface area contributed by atoms with E-state index in [1.165, 1.54) is 27.7 Å². The number of benzene rings is 3. The number of fused-ring (bicyclic) bond motifs is 3. The number of hydrogen-bond donors (Lipinski definition) is 2. The average molecular weight is 403 g/mol. The number of aromatic amines is 1. The molecular weight excluding hydrogens is 380 g/mol. The summed E-state index contributed by atoms with van der Waals surface area (Å²) < 4.78 is 0. The molecule has 2 N–H and O–H groups in total. The number of carbonyl (C=O) groups excluding carboxylic acids is 1. The lowest BCUT2D eigenvalue weighted by Crippen LogP contribution is -2.16. The molecule has 4 aromatic rings. The average Bonchev–Trinajstić information content (AvgIpc) is 2.95. The summed E-state index contributed by atoms with van der Waals surface area (Å²) in [6.45, 7) is 2.03. The van der Waals surface area contributed by atoms with Gasteiger partial charge in [-0.05, 0) is 35.7 Å². The largest absolute Gasteiger partial charge is 0.358 e. The van der Waals surface area contributed by atoms with Crippen LogP contribution in [0.3, 0.4) is 0 Å². The van der Waals surface area contributed by atoms with Crippen molar-refractivity contribution >= 4 is 29.1 Å². The highest BCUT2D eigenvalue weighted by molar-refractivity contribution is 6.09. The van der Waals surface area contributed by atoms with Gasteiger partial charge in [0.1, 0.15) is 0 Å². The predicted octanol–water partition coefficient (Wildman–Crippen LogP) is 5.18. The highest BCUT2D eigenvalue weighted by Gasteiger charge is 2.17. The quantitative estimate of drug-likeness (QED) is 0.464. The molecule has 0 bridgehead atoms. The lowest BCUT2D eigenvalue weighted by molar-refractivity contribution is 0.103. The smallest absolute Gasteiger partial charge is 0.193 e. The molecule has 2 heterocycles. The minimum Gasteiger partial charge on any atom is -0.358 e. The molecular formula is C25H23ClN2O. The second-order valence-electron chi connectivity index (χ2n) is 7.33. The van der Waals surface area contributed by atoms with Gasteiger partial charge in [0, 0.05) is 40.7 Å². The topological polar surface area (TPSA) is 44.9 Å². The van der Waals surface area contributed by atoms with Crippen LogP contribution in [0.15, 0.2) is 72.8 Å². The molecule has 0 amide bonds. The van der Waals surface area contributed by atoms with Crippen LogP contribution in [0.25, 0.3) is 22.0 Å². The van der Waals surface area contributed by atoms with E-state index in [2.05, 4.69) is 40.6 Å². The molecule has 0 saturated heterocycles. The fourth-order valence-electron chi connectivity index (χ4n) is 4.21. The number of H-pyrrole nitrogens is 1. The molecule has 0 radical (unpaired) electrons. The predicted molar refractivity (Wildman–Crippen MR) is 121 cm³/mol.